The average Bonchev–Trinajstić information content (AvgIpc) is 2.88. The molecule has 0 atom stereocenters. The van der Waals surface area contributed by atoms with Gasteiger partial charge in [-0.2, -0.15) is 0 Å². The Labute approximate surface area is 145 Å². The van der Waals surface area contributed by atoms with Gasteiger partial charge in [-0.3, -0.25) is 14.5 Å². The average molecular weight is 348 g/mol. The number of ether oxygens (including phenoxy) is 2. The number of benzene rings is 1. The third kappa shape index (κ3) is 3.57. The van der Waals surface area contributed by atoms with Crippen LogP contribution in [-0.2, 0) is 19.1 Å². The Balaban J connectivity index is 1.96. The molecule has 1 fully saturated rings. The maximum Gasteiger partial charge on any atom is 0.277 e. The summed E-state index contributed by atoms with van der Waals surface area (Å²) >= 11 is 0. The summed E-state index contributed by atoms with van der Waals surface area (Å²) < 4.78 is 23.6. The predicted octanol–water partition coefficient (Wildman–Crippen LogP) is 1.27. The fourth-order valence-corrected chi connectivity index (χ4v) is 3.09. The number of morpholine rings is 1. The van der Waals surface area contributed by atoms with Gasteiger partial charge in [-0.1, -0.05) is 12.1 Å². The van der Waals surface area contributed by atoms with Crippen LogP contribution in [0.2, 0.25) is 0 Å². The first-order valence-electron chi connectivity index (χ1n) is 8.31. The minimum Gasteiger partial charge on any atom is -0.385 e. The zero-order valence-corrected chi connectivity index (χ0v) is 14.2. The van der Waals surface area contributed by atoms with Gasteiger partial charge in [-0.15, -0.1) is 0 Å². The Kier molecular flexibility index (Phi) is 5.45. The molecule has 0 aliphatic carbocycles. The van der Waals surface area contributed by atoms with Crippen molar-refractivity contribution in [2.24, 2.45) is 0 Å². The highest BCUT2D eigenvalue weighted by Gasteiger charge is 2.41. The SMILES string of the molecule is COCCCN1C(=O)C(c2ccc(F)cc2)=C(N2CCOCC2)C1=O. The van der Waals surface area contributed by atoms with Crippen LogP contribution in [0.1, 0.15) is 12.0 Å². The van der Waals surface area contributed by atoms with Gasteiger partial charge in [0.2, 0.25) is 0 Å². The van der Waals surface area contributed by atoms with Crippen molar-refractivity contribution >= 4 is 17.4 Å². The van der Waals surface area contributed by atoms with E-state index in [9.17, 15) is 14.0 Å². The molecule has 3 rings (SSSR count). The molecule has 0 bridgehead atoms. The van der Waals surface area contributed by atoms with Gasteiger partial charge in [0.15, 0.2) is 0 Å². The van der Waals surface area contributed by atoms with Crippen molar-refractivity contribution in [3.8, 4) is 0 Å². The molecule has 0 radical (unpaired) electrons. The van der Waals surface area contributed by atoms with Crippen LogP contribution in [-0.4, -0.2) is 68.2 Å². The molecule has 134 valence electrons. The molecule has 1 saturated heterocycles. The van der Waals surface area contributed by atoms with Crippen LogP contribution in [0.5, 0.6) is 0 Å². The number of rotatable bonds is 6. The van der Waals surface area contributed by atoms with Gasteiger partial charge in [0.25, 0.3) is 11.8 Å². The number of hydrogen-bond donors (Lipinski definition) is 0. The Morgan fingerprint density at radius 3 is 2.44 bits per heavy atom. The Hall–Kier alpha value is -2.25. The molecule has 7 heteroatoms. The molecule has 0 spiro atoms. The second-order valence-corrected chi connectivity index (χ2v) is 5.94. The second kappa shape index (κ2) is 7.76. The van der Waals surface area contributed by atoms with Gasteiger partial charge in [-0.05, 0) is 24.1 Å². The molecule has 2 aliphatic rings. The van der Waals surface area contributed by atoms with E-state index in [0.29, 0.717) is 62.7 Å². The summed E-state index contributed by atoms with van der Waals surface area (Å²) in [6.45, 7) is 2.87. The van der Waals surface area contributed by atoms with E-state index in [-0.39, 0.29) is 17.6 Å². The van der Waals surface area contributed by atoms with E-state index in [0.717, 1.165) is 0 Å². The lowest BCUT2D eigenvalue weighted by Crippen LogP contribution is -2.40. The van der Waals surface area contributed by atoms with Crippen molar-refractivity contribution in [3.05, 3.63) is 41.3 Å². The lowest BCUT2D eigenvalue weighted by molar-refractivity contribution is -0.138. The van der Waals surface area contributed by atoms with Crippen molar-refractivity contribution < 1.29 is 23.5 Å². The summed E-state index contributed by atoms with van der Waals surface area (Å²) in [6.07, 6.45) is 0.571. The van der Waals surface area contributed by atoms with Gasteiger partial charge >= 0.3 is 0 Å². The van der Waals surface area contributed by atoms with Crippen molar-refractivity contribution in [2.75, 3.05) is 46.6 Å². The van der Waals surface area contributed by atoms with E-state index in [4.69, 9.17) is 9.47 Å². The van der Waals surface area contributed by atoms with Crippen molar-refractivity contribution in [1.82, 2.24) is 9.80 Å². The number of halogens is 1. The minimum atomic E-state index is -0.383. The van der Waals surface area contributed by atoms with E-state index < -0.39 is 0 Å². The third-order valence-corrected chi connectivity index (χ3v) is 4.33. The van der Waals surface area contributed by atoms with E-state index in [2.05, 4.69) is 0 Å². The molecule has 0 unspecified atom stereocenters. The molecule has 6 nitrogen and oxygen atoms in total. The monoisotopic (exact) mass is 348 g/mol. The van der Waals surface area contributed by atoms with Gasteiger partial charge in [0, 0.05) is 33.4 Å². The normalized spacial score (nSPS) is 18.5. The van der Waals surface area contributed by atoms with Crippen molar-refractivity contribution in [1.29, 1.82) is 0 Å². The zero-order chi connectivity index (χ0) is 17.8. The standard InChI is InChI=1S/C18H21FN2O4/c1-24-10-2-7-21-17(22)15(13-3-5-14(19)6-4-13)16(18(21)23)20-8-11-25-12-9-20/h3-6H,2,7-12H2,1H3. The van der Waals surface area contributed by atoms with Crippen molar-refractivity contribution in [2.45, 2.75) is 6.42 Å². The number of amides is 2. The number of hydrogen-bond acceptors (Lipinski definition) is 5. The molecule has 2 amide bonds. The van der Waals surface area contributed by atoms with Gasteiger partial charge in [0.05, 0.1) is 18.8 Å². The Morgan fingerprint density at radius 1 is 1.12 bits per heavy atom. The Morgan fingerprint density at radius 2 is 1.80 bits per heavy atom. The van der Waals surface area contributed by atoms with Crippen LogP contribution >= 0.6 is 0 Å². The van der Waals surface area contributed by atoms with Crippen LogP contribution < -0.4 is 0 Å². The molecule has 0 saturated carbocycles. The van der Waals surface area contributed by atoms with Gasteiger partial charge in [-0.25, -0.2) is 4.39 Å². The highest BCUT2D eigenvalue weighted by atomic mass is 19.1. The third-order valence-electron chi connectivity index (χ3n) is 4.33. The Bertz CT molecular complexity index is 681. The first-order valence-corrected chi connectivity index (χ1v) is 8.31. The lowest BCUT2D eigenvalue weighted by atomic mass is 10.0. The number of carbonyl (C=O) groups excluding carboxylic acids is 2. The smallest absolute Gasteiger partial charge is 0.277 e. The first kappa shape index (κ1) is 17.6. The molecule has 0 N–H and O–H groups in total. The topological polar surface area (TPSA) is 59.1 Å². The fourth-order valence-electron chi connectivity index (χ4n) is 3.09. The number of imide groups is 1. The molecular formula is C18H21FN2O4. The molecule has 2 aliphatic heterocycles. The highest BCUT2D eigenvalue weighted by Crippen LogP contribution is 2.32. The van der Waals surface area contributed by atoms with Crippen LogP contribution in [0.25, 0.3) is 5.57 Å². The van der Waals surface area contributed by atoms with Gasteiger partial charge in [0.1, 0.15) is 11.5 Å². The molecule has 1 aromatic rings. The molecule has 0 aromatic heterocycles. The van der Waals surface area contributed by atoms with E-state index in [1.165, 1.54) is 29.2 Å². The zero-order valence-electron chi connectivity index (χ0n) is 14.2. The summed E-state index contributed by atoms with van der Waals surface area (Å²) in [5.41, 5.74) is 1.28. The summed E-state index contributed by atoms with van der Waals surface area (Å²) in [4.78, 5) is 29.0. The van der Waals surface area contributed by atoms with Crippen LogP contribution in [0, 0.1) is 5.82 Å². The maximum atomic E-state index is 13.3. The van der Waals surface area contributed by atoms with Crippen LogP contribution in [0.4, 0.5) is 4.39 Å². The summed E-state index contributed by atoms with van der Waals surface area (Å²) in [5, 5.41) is 0. The fraction of sp³-hybridized carbons (Fsp3) is 0.444. The lowest BCUT2D eigenvalue weighted by Gasteiger charge is -2.29. The quantitative estimate of drug-likeness (QED) is 0.572. The summed E-state index contributed by atoms with van der Waals surface area (Å²) in [5.74, 6) is -1.03. The highest BCUT2D eigenvalue weighted by molar-refractivity contribution is 6.35. The minimum absolute atomic E-state index is 0.296. The summed E-state index contributed by atoms with van der Waals surface area (Å²) in [7, 11) is 1.58. The number of carbonyl (C=O) groups is 2. The molecule has 2 heterocycles. The molecular weight excluding hydrogens is 327 g/mol. The van der Waals surface area contributed by atoms with Crippen LogP contribution in [0.3, 0.4) is 0 Å². The first-order chi connectivity index (χ1) is 12.1. The van der Waals surface area contributed by atoms with E-state index in [1.807, 2.05) is 4.90 Å². The number of methoxy groups -OCH3 is 1. The largest absolute Gasteiger partial charge is 0.385 e. The maximum absolute atomic E-state index is 13.3. The predicted molar refractivity (Wildman–Crippen MR) is 88.9 cm³/mol. The molecule has 1 aromatic carbocycles. The second-order valence-electron chi connectivity index (χ2n) is 5.94. The molecule has 25 heavy (non-hydrogen) atoms. The van der Waals surface area contributed by atoms with Crippen molar-refractivity contribution in [3.63, 3.8) is 0 Å². The van der Waals surface area contributed by atoms with E-state index >= 15 is 0 Å². The summed E-state index contributed by atoms with van der Waals surface area (Å²) in [6, 6.07) is 5.67. The van der Waals surface area contributed by atoms with E-state index in [1.54, 1.807) is 7.11 Å². The number of nitrogens with zero attached hydrogens (tertiary/aromatic N) is 2. The van der Waals surface area contributed by atoms with Gasteiger partial charge < -0.3 is 14.4 Å². The van der Waals surface area contributed by atoms with Crippen LogP contribution in [0.15, 0.2) is 30.0 Å².